The molecule has 0 spiro atoms. The normalized spacial score (nSPS) is 23.3. The largest absolute Gasteiger partial charge is 0.356 e. The van der Waals surface area contributed by atoms with E-state index in [2.05, 4.69) is 57.9 Å². The fraction of sp³-hybridized carbons (Fsp3) is 0.615. The highest BCUT2D eigenvalue weighted by Crippen LogP contribution is 2.31. The number of carbonyl (C=O) groups excluding carboxylic acids is 1. The topological polar surface area (TPSA) is 62.2 Å². The SMILES string of the molecule is Cc1nn(C)c(C)c1CCNC(=O)CCC[C@H]1NC[C@@H]2C[C@H]1CN(Cc1ccccc1)C2. The van der Waals surface area contributed by atoms with Crippen LogP contribution in [0.1, 0.15) is 48.2 Å². The third-order valence-electron chi connectivity index (χ3n) is 7.41. The zero-order chi connectivity index (χ0) is 22.5. The van der Waals surface area contributed by atoms with Gasteiger partial charge in [0.25, 0.3) is 0 Å². The summed E-state index contributed by atoms with van der Waals surface area (Å²) in [5, 5.41) is 11.4. The molecular weight excluding hydrogens is 398 g/mol. The Morgan fingerprint density at radius 1 is 1.22 bits per heavy atom. The molecular formula is C26H39N5O. The number of nitrogens with one attached hydrogen (secondary N) is 2. The molecule has 2 saturated heterocycles. The van der Waals surface area contributed by atoms with Crippen molar-refractivity contribution in [1.82, 2.24) is 25.3 Å². The standard InChI is InChI=1S/C26H39N5O/c1-19-24(20(2)30(3)29-19)12-13-27-26(32)11-7-10-25-23-14-22(15-28-25)17-31(18-23)16-21-8-5-4-6-9-21/h4-6,8-9,22-23,25,28H,7,10-18H2,1-3H3,(H,27,32)/t22-,23-,25+/m0/s1. The Balaban J connectivity index is 1.17. The van der Waals surface area contributed by atoms with Gasteiger partial charge in [0.1, 0.15) is 0 Å². The fourth-order valence-corrected chi connectivity index (χ4v) is 5.66. The second kappa shape index (κ2) is 10.6. The first kappa shape index (κ1) is 23.0. The van der Waals surface area contributed by atoms with Crippen LogP contribution >= 0.6 is 0 Å². The van der Waals surface area contributed by atoms with Crippen molar-refractivity contribution in [3.8, 4) is 0 Å². The predicted octanol–water partition coefficient (Wildman–Crippen LogP) is 2.98. The van der Waals surface area contributed by atoms with E-state index in [0.29, 0.717) is 24.9 Å². The third kappa shape index (κ3) is 5.78. The molecule has 0 unspecified atom stereocenters. The molecule has 2 aromatic rings. The molecule has 2 bridgehead atoms. The molecule has 2 aliphatic rings. The lowest BCUT2D eigenvalue weighted by atomic mass is 9.79. The van der Waals surface area contributed by atoms with Gasteiger partial charge in [0, 0.05) is 51.4 Å². The zero-order valence-corrected chi connectivity index (χ0v) is 19.9. The van der Waals surface area contributed by atoms with Gasteiger partial charge in [-0.1, -0.05) is 30.3 Å². The van der Waals surface area contributed by atoms with E-state index in [1.807, 2.05) is 18.7 Å². The van der Waals surface area contributed by atoms with Gasteiger partial charge in [-0.25, -0.2) is 0 Å². The molecule has 2 aliphatic heterocycles. The molecule has 1 amide bonds. The Kier molecular flexibility index (Phi) is 7.63. The molecule has 3 atom stereocenters. The summed E-state index contributed by atoms with van der Waals surface area (Å²) in [6.45, 7) is 9.35. The first-order valence-electron chi connectivity index (χ1n) is 12.2. The average molecular weight is 438 g/mol. The van der Waals surface area contributed by atoms with Crippen LogP contribution in [-0.2, 0) is 24.8 Å². The number of likely N-dealkylation sites (tertiary alicyclic amines) is 1. The number of amides is 1. The molecule has 6 nitrogen and oxygen atoms in total. The van der Waals surface area contributed by atoms with Crippen LogP contribution in [0.5, 0.6) is 0 Å². The number of carbonyl (C=O) groups is 1. The molecule has 2 fully saturated rings. The minimum Gasteiger partial charge on any atom is -0.356 e. The van der Waals surface area contributed by atoms with E-state index in [-0.39, 0.29) is 5.91 Å². The monoisotopic (exact) mass is 437 g/mol. The molecule has 6 heteroatoms. The highest BCUT2D eigenvalue weighted by atomic mass is 16.1. The summed E-state index contributed by atoms with van der Waals surface area (Å²) in [4.78, 5) is 15.0. The number of hydrogen-bond donors (Lipinski definition) is 2. The lowest BCUT2D eigenvalue weighted by molar-refractivity contribution is -0.121. The molecule has 32 heavy (non-hydrogen) atoms. The van der Waals surface area contributed by atoms with Crippen LogP contribution in [-0.4, -0.2) is 52.8 Å². The molecule has 4 rings (SSSR count). The van der Waals surface area contributed by atoms with E-state index in [4.69, 9.17) is 0 Å². The van der Waals surface area contributed by atoms with Crippen molar-refractivity contribution in [3.05, 3.63) is 52.8 Å². The molecule has 2 N–H and O–H groups in total. The van der Waals surface area contributed by atoms with Gasteiger partial charge in [-0.3, -0.25) is 14.4 Å². The Bertz CT molecular complexity index is 893. The maximum Gasteiger partial charge on any atom is 0.220 e. The lowest BCUT2D eigenvalue weighted by Crippen LogP contribution is -2.55. The van der Waals surface area contributed by atoms with Crippen LogP contribution in [0.2, 0.25) is 0 Å². The number of piperidine rings is 2. The number of fused-ring (bicyclic) bond motifs is 2. The van der Waals surface area contributed by atoms with Crippen LogP contribution in [0.4, 0.5) is 0 Å². The predicted molar refractivity (Wildman–Crippen MR) is 128 cm³/mol. The number of nitrogens with zero attached hydrogens (tertiary/aromatic N) is 3. The lowest BCUT2D eigenvalue weighted by Gasteiger charge is -2.46. The average Bonchev–Trinajstić information content (AvgIpc) is 3.02. The van der Waals surface area contributed by atoms with Crippen molar-refractivity contribution in [1.29, 1.82) is 0 Å². The number of aromatic nitrogens is 2. The summed E-state index contributed by atoms with van der Waals surface area (Å²) >= 11 is 0. The molecule has 0 aliphatic carbocycles. The minimum atomic E-state index is 0.173. The summed E-state index contributed by atoms with van der Waals surface area (Å²) in [5.74, 6) is 1.63. The van der Waals surface area contributed by atoms with E-state index < -0.39 is 0 Å². The minimum absolute atomic E-state index is 0.173. The zero-order valence-electron chi connectivity index (χ0n) is 19.9. The van der Waals surface area contributed by atoms with Crippen LogP contribution < -0.4 is 10.6 Å². The van der Waals surface area contributed by atoms with Gasteiger partial charge in [-0.15, -0.1) is 0 Å². The van der Waals surface area contributed by atoms with Crippen LogP contribution in [0, 0.1) is 25.7 Å². The van der Waals surface area contributed by atoms with Gasteiger partial charge >= 0.3 is 0 Å². The van der Waals surface area contributed by atoms with E-state index >= 15 is 0 Å². The fourth-order valence-electron chi connectivity index (χ4n) is 5.66. The van der Waals surface area contributed by atoms with Crippen molar-refractivity contribution in [2.75, 3.05) is 26.2 Å². The first-order chi connectivity index (χ1) is 15.5. The Labute approximate surface area is 192 Å². The van der Waals surface area contributed by atoms with Gasteiger partial charge < -0.3 is 10.6 Å². The van der Waals surface area contributed by atoms with Crippen molar-refractivity contribution >= 4 is 5.91 Å². The number of aryl methyl sites for hydroxylation is 2. The van der Waals surface area contributed by atoms with E-state index in [0.717, 1.165) is 44.0 Å². The van der Waals surface area contributed by atoms with Crippen LogP contribution in [0.25, 0.3) is 0 Å². The summed E-state index contributed by atoms with van der Waals surface area (Å²) in [6, 6.07) is 11.4. The maximum atomic E-state index is 12.4. The molecule has 1 aromatic heterocycles. The van der Waals surface area contributed by atoms with E-state index in [1.54, 1.807) is 0 Å². The maximum absolute atomic E-state index is 12.4. The van der Waals surface area contributed by atoms with E-state index in [9.17, 15) is 4.79 Å². The van der Waals surface area contributed by atoms with Crippen molar-refractivity contribution < 1.29 is 4.79 Å². The van der Waals surface area contributed by atoms with Gasteiger partial charge in [0.05, 0.1) is 5.69 Å². The van der Waals surface area contributed by atoms with Crippen LogP contribution in [0.15, 0.2) is 30.3 Å². The van der Waals surface area contributed by atoms with Crippen molar-refractivity contribution in [3.63, 3.8) is 0 Å². The highest BCUT2D eigenvalue weighted by Gasteiger charge is 2.36. The summed E-state index contributed by atoms with van der Waals surface area (Å²) in [5.41, 5.74) is 4.92. The summed E-state index contributed by atoms with van der Waals surface area (Å²) in [6.07, 6.45) is 4.84. The first-order valence-corrected chi connectivity index (χ1v) is 12.2. The smallest absolute Gasteiger partial charge is 0.220 e. The van der Waals surface area contributed by atoms with Crippen molar-refractivity contribution in [2.24, 2.45) is 18.9 Å². The molecule has 0 saturated carbocycles. The van der Waals surface area contributed by atoms with Gasteiger partial charge in [-0.2, -0.15) is 5.10 Å². The molecule has 1 aromatic carbocycles. The Hall–Kier alpha value is -2.18. The second-order valence-corrected chi connectivity index (χ2v) is 9.82. The quantitative estimate of drug-likeness (QED) is 0.633. The van der Waals surface area contributed by atoms with Gasteiger partial charge in [-0.05, 0) is 69.0 Å². The van der Waals surface area contributed by atoms with Gasteiger partial charge in [0.2, 0.25) is 5.91 Å². The summed E-state index contributed by atoms with van der Waals surface area (Å²) in [7, 11) is 1.97. The van der Waals surface area contributed by atoms with Crippen molar-refractivity contribution in [2.45, 2.75) is 58.5 Å². The molecule has 174 valence electrons. The number of rotatable bonds is 9. The molecule has 3 heterocycles. The second-order valence-electron chi connectivity index (χ2n) is 9.82. The van der Waals surface area contributed by atoms with Gasteiger partial charge in [0.15, 0.2) is 0 Å². The van der Waals surface area contributed by atoms with E-state index in [1.165, 1.54) is 36.3 Å². The highest BCUT2D eigenvalue weighted by molar-refractivity contribution is 5.75. The third-order valence-corrected chi connectivity index (χ3v) is 7.41. The summed E-state index contributed by atoms with van der Waals surface area (Å²) < 4.78 is 1.92. The Morgan fingerprint density at radius 2 is 2.03 bits per heavy atom. The number of hydrogen-bond acceptors (Lipinski definition) is 4. The molecule has 0 radical (unpaired) electrons. The Morgan fingerprint density at radius 3 is 2.78 bits per heavy atom. The number of benzene rings is 1. The van der Waals surface area contributed by atoms with Crippen LogP contribution in [0.3, 0.4) is 0 Å².